The molecule has 5 heteroatoms. The predicted molar refractivity (Wildman–Crippen MR) is 64.1 cm³/mol. The minimum atomic E-state index is -3.15. The summed E-state index contributed by atoms with van der Waals surface area (Å²) >= 11 is 0. The third-order valence-corrected chi connectivity index (χ3v) is 3.56. The molecule has 0 spiro atoms. The summed E-state index contributed by atoms with van der Waals surface area (Å²) in [6.45, 7) is 8.36. The number of sulfonamides is 1. The average Bonchev–Trinajstić information content (AvgIpc) is 2.10. The van der Waals surface area contributed by atoms with E-state index in [1.165, 1.54) is 0 Å². The first kappa shape index (κ1) is 14.9. The number of nitrogens with one attached hydrogen (secondary N) is 1. The molecule has 0 amide bonds. The molecule has 0 saturated heterocycles. The van der Waals surface area contributed by atoms with E-state index in [1.54, 1.807) is 0 Å². The summed E-state index contributed by atoms with van der Waals surface area (Å²) in [5.41, 5.74) is 5.68. The highest BCUT2D eigenvalue weighted by Gasteiger charge is 2.17. The zero-order valence-corrected chi connectivity index (χ0v) is 11.0. The standard InChI is InChI=1S/C10H24N2O2S/c1-5-9(11)8-12-15(13,14)7-6-10(2,3)4/h9,12H,5-8,11H2,1-4H3. The molecule has 0 aromatic heterocycles. The Balaban J connectivity index is 3.99. The molecule has 0 aromatic rings. The lowest BCUT2D eigenvalue weighted by Crippen LogP contribution is -2.38. The minimum absolute atomic E-state index is 0.0433. The first-order valence-electron chi connectivity index (χ1n) is 5.39. The molecule has 0 rings (SSSR count). The van der Waals surface area contributed by atoms with E-state index >= 15 is 0 Å². The van der Waals surface area contributed by atoms with Crippen molar-refractivity contribution >= 4 is 10.0 Å². The van der Waals surface area contributed by atoms with Crippen LogP contribution in [0.1, 0.15) is 40.5 Å². The Morgan fingerprint density at radius 3 is 2.27 bits per heavy atom. The molecule has 0 fully saturated rings. The van der Waals surface area contributed by atoms with Crippen LogP contribution in [0.3, 0.4) is 0 Å². The summed E-state index contributed by atoms with van der Waals surface area (Å²) < 4.78 is 25.6. The highest BCUT2D eigenvalue weighted by Crippen LogP contribution is 2.18. The van der Waals surface area contributed by atoms with Crippen molar-refractivity contribution in [1.82, 2.24) is 4.72 Å². The zero-order valence-electron chi connectivity index (χ0n) is 10.2. The summed E-state index contributed by atoms with van der Waals surface area (Å²) in [6, 6.07) is -0.0885. The molecule has 0 saturated carbocycles. The highest BCUT2D eigenvalue weighted by molar-refractivity contribution is 7.89. The molecule has 3 N–H and O–H groups in total. The van der Waals surface area contributed by atoms with Crippen LogP contribution in [0.25, 0.3) is 0 Å². The SMILES string of the molecule is CCC(N)CNS(=O)(=O)CCC(C)(C)C. The first-order valence-corrected chi connectivity index (χ1v) is 7.04. The molecule has 92 valence electrons. The molecule has 1 atom stereocenters. The topological polar surface area (TPSA) is 72.2 Å². The van der Waals surface area contributed by atoms with Gasteiger partial charge in [0.05, 0.1) is 5.75 Å². The van der Waals surface area contributed by atoms with E-state index in [4.69, 9.17) is 5.73 Å². The minimum Gasteiger partial charge on any atom is -0.327 e. The number of nitrogens with two attached hydrogens (primary N) is 1. The normalized spacial score (nSPS) is 15.3. The van der Waals surface area contributed by atoms with E-state index in [0.29, 0.717) is 13.0 Å². The molecule has 0 aliphatic heterocycles. The van der Waals surface area contributed by atoms with Gasteiger partial charge in [0.15, 0.2) is 0 Å². The van der Waals surface area contributed by atoms with Crippen molar-refractivity contribution in [3.05, 3.63) is 0 Å². The van der Waals surface area contributed by atoms with E-state index in [2.05, 4.69) is 4.72 Å². The van der Waals surface area contributed by atoms with Crippen LogP contribution in [0.2, 0.25) is 0 Å². The van der Waals surface area contributed by atoms with Crippen LogP contribution in [-0.4, -0.2) is 26.8 Å². The zero-order chi connectivity index (χ0) is 12.1. The molecule has 0 aromatic carbocycles. The Bertz CT molecular complexity index is 268. The van der Waals surface area contributed by atoms with Crippen molar-refractivity contribution in [2.24, 2.45) is 11.1 Å². The van der Waals surface area contributed by atoms with Crippen LogP contribution in [0.5, 0.6) is 0 Å². The van der Waals surface area contributed by atoms with Crippen molar-refractivity contribution in [1.29, 1.82) is 0 Å². The second-order valence-electron chi connectivity index (χ2n) is 5.15. The maximum atomic E-state index is 11.5. The van der Waals surface area contributed by atoms with Crippen LogP contribution in [0, 0.1) is 5.41 Å². The second kappa shape index (κ2) is 5.82. The van der Waals surface area contributed by atoms with Crippen molar-refractivity contribution in [3.63, 3.8) is 0 Å². The van der Waals surface area contributed by atoms with Gasteiger partial charge in [-0.3, -0.25) is 0 Å². The largest absolute Gasteiger partial charge is 0.327 e. The first-order chi connectivity index (χ1) is 6.66. The fourth-order valence-electron chi connectivity index (χ4n) is 0.891. The van der Waals surface area contributed by atoms with Gasteiger partial charge in [0.2, 0.25) is 10.0 Å². The van der Waals surface area contributed by atoms with Crippen LogP contribution in [0.4, 0.5) is 0 Å². The third kappa shape index (κ3) is 8.84. The van der Waals surface area contributed by atoms with E-state index in [0.717, 1.165) is 6.42 Å². The van der Waals surface area contributed by atoms with Crippen LogP contribution in [-0.2, 0) is 10.0 Å². The van der Waals surface area contributed by atoms with Crippen molar-refractivity contribution in [3.8, 4) is 0 Å². The van der Waals surface area contributed by atoms with Crippen LogP contribution >= 0.6 is 0 Å². The molecular weight excluding hydrogens is 212 g/mol. The van der Waals surface area contributed by atoms with Crippen molar-refractivity contribution < 1.29 is 8.42 Å². The molecule has 0 aliphatic carbocycles. The van der Waals surface area contributed by atoms with E-state index < -0.39 is 10.0 Å². The molecule has 0 heterocycles. The maximum absolute atomic E-state index is 11.5. The Morgan fingerprint density at radius 2 is 1.87 bits per heavy atom. The highest BCUT2D eigenvalue weighted by atomic mass is 32.2. The third-order valence-electron chi connectivity index (χ3n) is 2.21. The van der Waals surface area contributed by atoms with Gasteiger partial charge in [0, 0.05) is 12.6 Å². The van der Waals surface area contributed by atoms with Gasteiger partial charge >= 0.3 is 0 Å². The van der Waals surface area contributed by atoms with E-state index in [-0.39, 0.29) is 17.2 Å². The average molecular weight is 236 g/mol. The Kier molecular flexibility index (Phi) is 5.77. The molecule has 1 unspecified atom stereocenters. The molecule has 0 aliphatic rings. The lowest BCUT2D eigenvalue weighted by atomic mass is 9.94. The number of hydrogen-bond donors (Lipinski definition) is 2. The summed E-state index contributed by atoms with van der Waals surface area (Å²) in [5, 5.41) is 0. The molecule has 4 nitrogen and oxygen atoms in total. The van der Waals surface area contributed by atoms with Crippen molar-refractivity contribution in [2.75, 3.05) is 12.3 Å². The molecular formula is C10H24N2O2S. The Labute approximate surface area is 93.7 Å². The fourth-order valence-corrected chi connectivity index (χ4v) is 2.38. The summed E-state index contributed by atoms with van der Waals surface area (Å²) in [6.07, 6.45) is 1.44. The van der Waals surface area contributed by atoms with Gasteiger partial charge in [-0.2, -0.15) is 0 Å². The Morgan fingerprint density at radius 1 is 1.33 bits per heavy atom. The summed E-state index contributed by atoms with van der Waals surface area (Å²) in [4.78, 5) is 0. The molecule has 15 heavy (non-hydrogen) atoms. The van der Waals surface area contributed by atoms with Crippen LogP contribution in [0.15, 0.2) is 0 Å². The van der Waals surface area contributed by atoms with Gasteiger partial charge < -0.3 is 5.73 Å². The lowest BCUT2D eigenvalue weighted by molar-refractivity contribution is 0.396. The van der Waals surface area contributed by atoms with E-state index in [1.807, 2.05) is 27.7 Å². The second-order valence-corrected chi connectivity index (χ2v) is 7.07. The summed E-state index contributed by atoms with van der Waals surface area (Å²) in [5.74, 6) is 0.174. The molecule has 0 radical (unpaired) electrons. The maximum Gasteiger partial charge on any atom is 0.211 e. The Hall–Kier alpha value is -0.130. The predicted octanol–water partition coefficient (Wildman–Crippen LogP) is 1.08. The quantitative estimate of drug-likeness (QED) is 0.725. The number of hydrogen-bond acceptors (Lipinski definition) is 3. The lowest BCUT2D eigenvalue weighted by Gasteiger charge is -2.18. The van der Waals surface area contributed by atoms with Crippen LogP contribution < -0.4 is 10.5 Å². The summed E-state index contributed by atoms with van der Waals surface area (Å²) in [7, 11) is -3.15. The number of rotatable bonds is 6. The fraction of sp³-hybridized carbons (Fsp3) is 1.00. The smallest absolute Gasteiger partial charge is 0.211 e. The van der Waals surface area contributed by atoms with Gasteiger partial charge in [-0.05, 0) is 18.3 Å². The van der Waals surface area contributed by atoms with Gasteiger partial charge in [-0.25, -0.2) is 13.1 Å². The van der Waals surface area contributed by atoms with Gasteiger partial charge in [-0.15, -0.1) is 0 Å². The van der Waals surface area contributed by atoms with Gasteiger partial charge in [-0.1, -0.05) is 27.7 Å². The van der Waals surface area contributed by atoms with E-state index in [9.17, 15) is 8.42 Å². The van der Waals surface area contributed by atoms with Gasteiger partial charge in [0.25, 0.3) is 0 Å². The van der Waals surface area contributed by atoms with Gasteiger partial charge in [0.1, 0.15) is 0 Å². The monoisotopic (exact) mass is 236 g/mol. The van der Waals surface area contributed by atoms with Crippen molar-refractivity contribution in [2.45, 2.75) is 46.6 Å². The molecule has 0 bridgehead atoms.